The van der Waals surface area contributed by atoms with E-state index in [1.54, 1.807) is 38.3 Å². The van der Waals surface area contributed by atoms with Crippen molar-refractivity contribution in [3.05, 3.63) is 30.2 Å². The van der Waals surface area contributed by atoms with Gasteiger partial charge in [0.1, 0.15) is 17.3 Å². The Hall–Kier alpha value is -2.22. The van der Waals surface area contributed by atoms with Crippen LogP contribution in [0.25, 0.3) is 0 Å². The van der Waals surface area contributed by atoms with Crippen LogP contribution in [0, 0.1) is 0 Å². The molecule has 0 unspecified atom stereocenters. The lowest BCUT2D eigenvalue weighted by Gasteiger charge is -2.04. The topological polar surface area (TPSA) is 83.7 Å². The minimum Gasteiger partial charge on any atom is -0.497 e. The smallest absolute Gasteiger partial charge is 0.316 e. The fourth-order valence-electron chi connectivity index (χ4n) is 1.50. The molecule has 8 heteroatoms. The molecule has 0 aliphatic carbocycles. The molecule has 1 aromatic heterocycles. The lowest BCUT2D eigenvalue weighted by Crippen LogP contribution is -2.06. The zero-order valence-corrected chi connectivity index (χ0v) is 13.1. The molecular formula is C14H16N2O5S. The maximum absolute atomic E-state index is 11.2. The second-order valence-electron chi connectivity index (χ2n) is 4.02. The van der Waals surface area contributed by atoms with Crippen LogP contribution in [0.3, 0.4) is 0 Å². The van der Waals surface area contributed by atoms with Crippen molar-refractivity contribution in [3.8, 4) is 11.5 Å². The van der Waals surface area contributed by atoms with E-state index in [1.165, 1.54) is 0 Å². The van der Waals surface area contributed by atoms with Crippen LogP contribution in [0.15, 0.2) is 33.9 Å². The largest absolute Gasteiger partial charge is 0.497 e. The fourth-order valence-corrected chi connectivity index (χ4v) is 2.07. The highest BCUT2D eigenvalue weighted by molar-refractivity contribution is 7.99. The fraction of sp³-hybridized carbons (Fsp3) is 0.357. The minimum atomic E-state index is -0.318. The number of rotatable bonds is 8. The van der Waals surface area contributed by atoms with Crippen molar-refractivity contribution < 1.29 is 23.4 Å². The Labute approximate surface area is 132 Å². The summed E-state index contributed by atoms with van der Waals surface area (Å²) in [7, 11) is 1.60. The van der Waals surface area contributed by atoms with Crippen LogP contribution in [-0.4, -0.2) is 35.6 Å². The molecule has 0 atom stereocenters. The summed E-state index contributed by atoms with van der Waals surface area (Å²) in [6, 6.07) is 7.16. The van der Waals surface area contributed by atoms with Gasteiger partial charge in [-0.1, -0.05) is 11.8 Å². The molecule has 7 nitrogen and oxygen atoms in total. The number of carbonyl (C=O) groups is 1. The molecule has 0 aliphatic rings. The third-order valence-corrected chi connectivity index (χ3v) is 3.28. The quantitative estimate of drug-likeness (QED) is 0.540. The molecule has 0 amide bonds. The SMILES string of the molecule is CCOC(=O)CSc1nnc(COc2ccc(OC)cc2)o1. The van der Waals surface area contributed by atoms with Gasteiger partial charge in [0.2, 0.25) is 0 Å². The van der Waals surface area contributed by atoms with E-state index in [0.29, 0.717) is 23.5 Å². The minimum absolute atomic E-state index is 0.134. The molecule has 1 aromatic carbocycles. The summed E-state index contributed by atoms with van der Waals surface area (Å²) < 4.78 is 20.8. The monoisotopic (exact) mass is 324 g/mol. The van der Waals surface area contributed by atoms with E-state index in [9.17, 15) is 4.79 Å². The van der Waals surface area contributed by atoms with Crippen LogP contribution < -0.4 is 9.47 Å². The number of ether oxygens (including phenoxy) is 3. The van der Waals surface area contributed by atoms with Gasteiger partial charge in [0.05, 0.1) is 13.7 Å². The molecule has 0 N–H and O–H groups in total. The molecule has 22 heavy (non-hydrogen) atoms. The van der Waals surface area contributed by atoms with Gasteiger partial charge in [-0.2, -0.15) is 0 Å². The molecule has 0 radical (unpaired) electrons. The number of esters is 1. The summed E-state index contributed by atoms with van der Waals surface area (Å²) in [5, 5.41) is 7.98. The van der Waals surface area contributed by atoms with Crippen LogP contribution in [0.5, 0.6) is 11.5 Å². The summed E-state index contributed by atoms with van der Waals surface area (Å²) in [6.07, 6.45) is 0. The molecule has 0 saturated heterocycles. The Morgan fingerprint density at radius 1 is 1.23 bits per heavy atom. The Morgan fingerprint density at radius 2 is 1.95 bits per heavy atom. The first-order chi connectivity index (χ1) is 10.7. The highest BCUT2D eigenvalue weighted by atomic mass is 32.2. The number of hydrogen-bond acceptors (Lipinski definition) is 8. The van der Waals surface area contributed by atoms with Gasteiger partial charge in [0.15, 0.2) is 6.61 Å². The Morgan fingerprint density at radius 3 is 2.64 bits per heavy atom. The zero-order valence-electron chi connectivity index (χ0n) is 12.3. The first-order valence-corrected chi connectivity index (χ1v) is 7.57. The van der Waals surface area contributed by atoms with Crippen LogP contribution in [0.2, 0.25) is 0 Å². The van der Waals surface area contributed by atoms with Crippen molar-refractivity contribution in [2.75, 3.05) is 19.5 Å². The van der Waals surface area contributed by atoms with Crippen LogP contribution in [0.1, 0.15) is 12.8 Å². The number of nitrogens with zero attached hydrogens (tertiary/aromatic N) is 2. The molecule has 118 valence electrons. The van der Waals surface area contributed by atoms with E-state index in [2.05, 4.69) is 10.2 Å². The highest BCUT2D eigenvalue weighted by Crippen LogP contribution is 2.19. The van der Waals surface area contributed by atoms with Gasteiger partial charge < -0.3 is 18.6 Å². The van der Waals surface area contributed by atoms with E-state index >= 15 is 0 Å². The predicted molar refractivity (Wildman–Crippen MR) is 79.0 cm³/mol. The maximum atomic E-state index is 11.2. The molecule has 2 rings (SSSR count). The number of methoxy groups -OCH3 is 1. The molecule has 0 bridgehead atoms. The van der Waals surface area contributed by atoms with Crippen LogP contribution >= 0.6 is 11.8 Å². The lowest BCUT2D eigenvalue weighted by atomic mass is 10.3. The van der Waals surface area contributed by atoms with Crippen LogP contribution in [-0.2, 0) is 16.1 Å². The van der Waals surface area contributed by atoms with E-state index < -0.39 is 0 Å². The average Bonchev–Trinajstić information content (AvgIpc) is 3.00. The number of benzene rings is 1. The van der Waals surface area contributed by atoms with Gasteiger partial charge in [-0.15, -0.1) is 10.2 Å². The predicted octanol–water partition coefficient (Wildman–Crippen LogP) is 2.31. The third kappa shape index (κ3) is 4.96. The van der Waals surface area contributed by atoms with Gasteiger partial charge in [0.25, 0.3) is 11.1 Å². The molecule has 0 fully saturated rings. The van der Waals surface area contributed by atoms with Crippen molar-refractivity contribution in [1.29, 1.82) is 0 Å². The molecule has 1 heterocycles. The number of thioether (sulfide) groups is 1. The maximum Gasteiger partial charge on any atom is 0.316 e. The van der Waals surface area contributed by atoms with Gasteiger partial charge in [-0.05, 0) is 31.2 Å². The molecular weight excluding hydrogens is 308 g/mol. The van der Waals surface area contributed by atoms with E-state index in [1.807, 2.05) is 0 Å². The Balaban J connectivity index is 1.80. The average molecular weight is 324 g/mol. The Bertz CT molecular complexity index is 600. The van der Waals surface area contributed by atoms with Crippen molar-refractivity contribution in [2.24, 2.45) is 0 Å². The second-order valence-corrected chi connectivity index (χ2v) is 4.95. The van der Waals surface area contributed by atoms with Crippen molar-refractivity contribution in [1.82, 2.24) is 10.2 Å². The zero-order chi connectivity index (χ0) is 15.8. The van der Waals surface area contributed by atoms with Crippen molar-refractivity contribution >= 4 is 17.7 Å². The number of aromatic nitrogens is 2. The normalized spacial score (nSPS) is 10.3. The first kappa shape index (κ1) is 16.2. The summed E-state index contributed by atoms with van der Waals surface area (Å²) in [5.41, 5.74) is 0. The van der Waals surface area contributed by atoms with Gasteiger partial charge in [-0.3, -0.25) is 4.79 Å². The van der Waals surface area contributed by atoms with Gasteiger partial charge in [0, 0.05) is 0 Å². The second kappa shape index (κ2) is 8.28. The third-order valence-electron chi connectivity index (χ3n) is 2.49. The molecule has 2 aromatic rings. The van der Waals surface area contributed by atoms with Crippen molar-refractivity contribution in [2.45, 2.75) is 18.8 Å². The number of hydrogen-bond donors (Lipinski definition) is 0. The first-order valence-electron chi connectivity index (χ1n) is 6.59. The number of carbonyl (C=O) groups excluding carboxylic acids is 1. The Kier molecular flexibility index (Phi) is 6.08. The summed E-state index contributed by atoms with van der Waals surface area (Å²) >= 11 is 1.13. The standard InChI is InChI=1S/C14H16N2O5S/c1-3-19-13(17)9-22-14-16-15-12(21-14)8-20-11-6-4-10(18-2)5-7-11/h4-7H,3,8-9H2,1-2H3. The van der Waals surface area contributed by atoms with Gasteiger partial charge in [-0.25, -0.2) is 0 Å². The van der Waals surface area contributed by atoms with E-state index in [4.69, 9.17) is 18.6 Å². The molecule has 0 aliphatic heterocycles. The van der Waals surface area contributed by atoms with E-state index in [0.717, 1.165) is 17.5 Å². The summed E-state index contributed by atoms with van der Waals surface area (Å²) in [5.74, 6) is 1.57. The molecule has 0 spiro atoms. The highest BCUT2D eigenvalue weighted by Gasteiger charge is 2.10. The summed E-state index contributed by atoms with van der Waals surface area (Å²) in [6.45, 7) is 2.26. The van der Waals surface area contributed by atoms with Gasteiger partial charge >= 0.3 is 5.97 Å². The lowest BCUT2D eigenvalue weighted by molar-refractivity contribution is -0.139. The summed E-state index contributed by atoms with van der Waals surface area (Å²) in [4.78, 5) is 11.2. The van der Waals surface area contributed by atoms with Crippen LogP contribution in [0.4, 0.5) is 0 Å². The van der Waals surface area contributed by atoms with Crippen molar-refractivity contribution in [3.63, 3.8) is 0 Å². The van der Waals surface area contributed by atoms with E-state index in [-0.39, 0.29) is 18.3 Å². The molecule has 0 saturated carbocycles.